The van der Waals surface area contributed by atoms with Crippen LogP contribution in [0.2, 0.25) is 0 Å². The minimum Gasteiger partial charge on any atom is -0.378 e. The van der Waals surface area contributed by atoms with Crippen LogP contribution in [-0.4, -0.2) is 45.9 Å². The van der Waals surface area contributed by atoms with Crippen LogP contribution in [0.5, 0.6) is 0 Å². The Morgan fingerprint density at radius 3 is 2.50 bits per heavy atom. The van der Waals surface area contributed by atoms with E-state index in [4.69, 9.17) is 10.5 Å². The first-order valence-electron chi connectivity index (χ1n) is 6.48. The Hall–Kier alpha value is -1.26. The highest BCUT2D eigenvalue weighted by atomic mass is 16.5. The molecular formula is C14H23N3O. The molecule has 2 N–H and O–H groups in total. The molecule has 1 saturated heterocycles. The fourth-order valence-corrected chi connectivity index (χ4v) is 2.35. The monoisotopic (exact) mass is 249 g/mol. The lowest BCUT2D eigenvalue weighted by Gasteiger charge is -2.38. The molecule has 0 aliphatic carbocycles. The van der Waals surface area contributed by atoms with Crippen LogP contribution < -0.4 is 15.5 Å². The van der Waals surface area contributed by atoms with Gasteiger partial charge in [0.25, 0.3) is 0 Å². The molecule has 0 aromatic heterocycles. The van der Waals surface area contributed by atoms with Crippen LogP contribution in [0.4, 0.5) is 11.4 Å². The van der Waals surface area contributed by atoms with Gasteiger partial charge >= 0.3 is 0 Å². The molecule has 0 saturated carbocycles. The molecule has 2 atom stereocenters. The third-order valence-electron chi connectivity index (χ3n) is 3.32. The number of nitrogens with zero attached hydrogens (tertiary/aromatic N) is 2. The second kappa shape index (κ2) is 5.59. The molecule has 0 amide bonds. The molecule has 1 aliphatic heterocycles. The molecule has 0 bridgehead atoms. The summed E-state index contributed by atoms with van der Waals surface area (Å²) in [4.78, 5) is 4.46. The molecule has 2 rings (SSSR count). The van der Waals surface area contributed by atoms with Crippen LogP contribution >= 0.6 is 0 Å². The molecule has 100 valence electrons. The Kier molecular flexibility index (Phi) is 4.09. The lowest BCUT2D eigenvalue weighted by molar-refractivity contribution is -0.0104. The molecule has 1 aromatic rings. The van der Waals surface area contributed by atoms with Gasteiger partial charge in [0.1, 0.15) is 0 Å². The maximum Gasteiger partial charge on any atom is 0.0876 e. The van der Waals surface area contributed by atoms with Crippen molar-refractivity contribution < 1.29 is 4.74 Å². The van der Waals surface area contributed by atoms with Crippen LogP contribution in [0.15, 0.2) is 24.3 Å². The highest BCUT2D eigenvalue weighted by Crippen LogP contribution is 2.22. The molecule has 18 heavy (non-hydrogen) atoms. The van der Waals surface area contributed by atoms with E-state index >= 15 is 0 Å². The normalized spacial score (nSPS) is 24.1. The van der Waals surface area contributed by atoms with E-state index in [0.29, 0.717) is 6.54 Å². The number of anilines is 2. The SMILES string of the molecule is CC1CN(c2ccc(N(C)C)cc2)CC(CN)O1. The van der Waals surface area contributed by atoms with Gasteiger partial charge in [0, 0.05) is 45.1 Å². The second-order valence-corrected chi connectivity index (χ2v) is 5.12. The van der Waals surface area contributed by atoms with E-state index in [1.807, 2.05) is 0 Å². The molecule has 1 heterocycles. The molecule has 4 nitrogen and oxygen atoms in total. The smallest absolute Gasteiger partial charge is 0.0876 e. The second-order valence-electron chi connectivity index (χ2n) is 5.12. The Bertz CT molecular complexity index is 377. The van der Waals surface area contributed by atoms with E-state index in [0.717, 1.165) is 13.1 Å². The van der Waals surface area contributed by atoms with Crippen LogP contribution in [0.25, 0.3) is 0 Å². The van der Waals surface area contributed by atoms with Crippen molar-refractivity contribution in [1.82, 2.24) is 0 Å². The molecule has 4 heteroatoms. The van der Waals surface area contributed by atoms with Crippen molar-refractivity contribution in [2.45, 2.75) is 19.1 Å². The summed E-state index contributed by atoms with van der Waals surface area (Å²) in [6.07, 6.45) is 0.378. The van der Waals surface area contributed by atoms with Gasteiger partial charge in [-0.1, -0.05) is 0 Å². The van der Waals surface area contributed by atoms with Gasteiger partial charge in [-0.2, -0.15) is 0 Å². The zero-order valence-electron chi connectivity index (χ0n) is 11.5. The van der Waals surface area contributed by atoms with Crippen LogP contribution in [0, 0.1) is 0 Å². The Balaban J connectivity index is 2.10. The van der Waals surface area contributed by atoms with Crippen molar-refractivity contribution in [2.75, 3.05) is 43.5 Å². The van der Waals surface area contributed by atoms with Gasteiger partial charge in [0.05, 0.1) is 12.2 Å². The topological polar surface area (TPSA) is 41.7 Å². The van der Waals surface area contributed by atoms with Gasteiger partial charge in [-0.15, -0.1) is 0 Å². The molecule has 2 unspecified atom stereocenters. The maximum absolute atomic E-state index is 5.77. The third kappa shape index (κ3) is 2.94. The van der Waals surface area contributed by atoms with Crippen molar-refractivity contribution in [3.05, 3.63) is 24.3 Å². The highest BCUT2D eigenvalue weighted by Gasteiger charge is 2.24. The van der Waals surface area contributed by atoms with E-state index in [2.05, 4.69) is 55.1 Å². The quantitative estimate of drug-likeness (QED) is 0.877. The number of morpholine rings is 1. The molecule has 0 radical (unpaired) electrons. The van der Waals surface area contributed by atoms with E-state index < -0.39 is 0 Å². The zero-order valence-corrected chi connectivity index (χ0v) is 11.5. The summed E-state index contributed by atoms with van der Waals surface area (Å²) in [6, 6.07) is 8.63. The Morgan fingerprint density at radius 1 is 1.28 bits per heavy atom. The molecular weight excluding hydrogens is 226 g/mol. The van der Waals surface area contributed by atoms with E-state index in [1.54, 1.807) is 0 Å². The van der Waals surface area contributed by atoms with Gasteiger partial charge in [-0.3, -0.25) is 0 Å². The first kappa shape index (κ1) is 13.2. The lowest BCUT2D eigenvalue weighted by atomic mass is 10.1. The summed E-state index contributed by atoms with van der Waals surface area (Å²) in [5.41, 5.74) is 8.17. The van der Waals surface area contributed by atoms with Crippen LogP contribution in [0.3, 0.4) is 0 Å². The van der Waals surface area contributed by atoms with Crippen LogP contribution in [-0.2, 0) is 4.74 Å². The number of nitrogens with two attached hydrogens (primary N) is 1. The van der Waals surface area contributed by atoms with Crippen molar-refractivity contribution in [1.29, 1.82) is 0 Å². The number of benzene rings is 1. The molecule has 1 fully saturated rings. The zero-order chi connectivity index (χ0) is 13.1. The molecule has 1 aromatic carbocycles. The predicted molar refractivity (Wildman–Crippen MR) is 76.4 cm³/mol. The third-order valence-corrected chi connectivity index (χ3v) is 3.32. The fourth-order valence-electron chi connectivity index (χ4n) is 2.35. The van der Waals surface area contributed by atoms with Gasteiger partial charge in [0.15, 0.2) is 0 Å². The van der Waals surface area contributed by atoms with Crippen molar-refractivity contribution in [3.63, 3.8) is 0 Å². The molecule has 1 aliphatic rings. The Morgan fingerprint density at radius 2 is 1.94 bits per heavy atom. The summed E-state index contributed by atoms with van der Waals surface area (Å²) in [5, 5.41) is 0. The van der Waals surface area contributed by atoms with Crippen molar-refractivity contribution >= 4 is 11.4 Å². The van der Waals surface area contributed by atoms with E-state index in [1.165, 1.54) is 11.4 Å². The number of ether oxygens (including phenoxy) is 1. The number of hydrogen-bond donors (Lipinski definition) is 1. The largest absolute Gasteiger partial charge is 0.378 e. The first-order valence-corrected chi connectivity index (χ1v) is 6.48. The maximum atomic E-state index is 5.77. The molecule has 0 spiro atoms. The van der Waals surface area contributed by atoms with E-state index in [-0.39, 0.29) is 12.2 Å². The first-order chi connectivity index (χ1) is 8.60. The standard InChI is InChI=1S/C14H23N3O/c1-11-9-17(10-14(8-15)18-11)13-6-4-12(5-7-13)16(2)3/h4-7,11,14H,8-10,15H2,1-3H3. The van der Waals surface area contributed by atoms with Gasteiger partial charge in [-0.05, 0) is 31.2 Å². The van der Waals surface area contributed by atoms with Crippen LogP contribution in [0.1, 0.15) is 6.92 Å². The van der Waals surface area contributed by atoms with Gasteiger partial charge in [-0.25, -0.2) is 0 Å². The number of hydrogen-bond acceptors (Lipinski definition) is 4. The summed E-state index contributed by atoms with van der Waals surface area (Å²) >= 11 is 0. The minimum absolute atomic E-state index is 0.141. The average molecular weight is 249 g/mol. The van der Waals surface area contributed by atoms with Crippen molar-refractivity contribution in [3.8, 4) is 0 Å². The summed E-state index contributed by atoms with van der Waals surface area (Å²) in [7, 11) is 4.10. The highest BCUT2D eigenvalue weighted by molar-refractivity contribution is 5.56. The van der Waals surface area contributed by atoms with Crippen molar-refractivity contribution in [2.24, 2.45) is 5.73 Å². The summed E-state index contributed by atoms with van der Waals surface area (Å²) in [5.74, 6) is 0. The lowest BCUT2D eigenvalue weighted by Crippen LogP contribution is -2.49. The predicted octanol–water partition coefficient (Wildman–Crippen LogP) is 1.30. The van der Waals surface area contributed by atoms with E-state index in [9.17, 15) is 0 Å². The number of rotatable bonds is 3. The van der Waals surface area contributed by atoms with Gasteiger partial charge in [0.2, 0.25) is 0 Å². The Labute approximate surface area is 109 Å². The summed E-state index contributed by atoms with van der Waals surface area (Å²) in [6.45, 7) is 4.49. The minimum atomic E-state index is 0.141. The summed E-state index contributed by atoms with van der Waals surface area (Å²) < 4.78 is 5.77. The fraction of sp³-hybridized carbons (Fsp3) is 0.571. The van der Waals surface area contributed by atoms with Gasteiger partial charge < -0.3 is 20.3 Å². The average Bonchev–Trinajstić information content (AvgIpc) is 2.38.